The summed E-state index contributed by atoms with van der Waals surface area (Å²) in [4.78, 5) is 0. The van der Waals surface area contributed by atoms with Crippen LogP contribution in [0.25, 0.3) is 0 Å². The minimum absolute atomic E-state index is 0.0361. The van der Waals surface area contributed by atoms with E-state index in [0.29, 0.717) is 0 Å². The summed E-state index contributed by atoms with van der Waals surface area (Å²) in [6.45, 7) is 2.29. The van der Waals surface area contributed by atoms with Crippen LogP contribution in [0.3, 0.4) is 0 Å². The van der Waals surface area contributed by atoms with Crippen molar-refractivity contribution in [1.29, 1.82) is 0 Å². The molecule has 1 fully saturated rings. The van der Waals surface area contributed by atoms with E-state index in [-0.39, 0.29) is 11.9 Å². The summed E-state index contributed by atoms with van der Waals surface area (Å²) >= 11 is 0. The minimum Gasteiger partial charge on any atom is -0.486 e. The van der Waals surface area contributed by atoms with Crippen molar-refractivity contribution in [2.24, 2.45) is 11.8 Å². The molecule has 1 unspecified atom stereocenters. The van der Waals surface area contributed by atoms with Gasteiger partial charge in [-0.2, -0.15) is 0 Å². The van der Waals surface area contributed by atoms with Crippen molar-refractivity contribution in [2.45, 2.75) is 77.2 Å². The highest BCUT2D eigenvalue weighted by Crippen LogP contribution is 2.36. The summed E-state index contributed by atoms with van der Waals surface area (Å²) in [6, 6.07) is 16.8. The van der Waals surface area contributed by atoms with Gasteiger partial charge in [-0.3, -0.25) is 0 Å². The van der Waals surface area contributed by atoms with Crippen molar-refractivity contribution < 1.29 is 9.13 Å². The molecule has 1 aliphatic rings. The molecule has 0 spiro atoms. The predicted octanol–water partition coefficient (Wildman–Crippen LogP) is 8.11. The van der Waals surface area contributed by atoms with Gasteiger partial charge in [0.15, 0.2) is 0 Å². The Hall–Kier alpha value is -1.83. The summed E-state index contributed by atoms with van der Waals surface area (Å²) in [7, 11) is 0. The summed E-state index contributed by atoms with van der Waals surface area (Å²) in [5.74, 6) is 2.31. The molecule has 0 aromatic heterocycles. The van der Waals surface area contributed by atoms with Crippen LogP contribution in [0, 0.1) is 17.7 Å². The number of ether oxygens (including phenoxy) is 1. The number of benzene rings is 2. The van der Waals surface area contributed by atoms with Crippen LogP contribution in [0.15, 0.2) is 54.6 Å². The number of halogens is 1. The van der Waals surface area contributed by atoms with Crippen molar-refractivity contribution in [3.63, 3.8) is 0 Å². The first kappa shape index (κ1) is 20.9. The zero-order valence-corrected chi connectivity index (χ0v) is 17.3. The smallest absolute Gasteiger partial charge is 0.124 e. The summed E-state index contributed by atoms with van der Waals surface area (Å²) in [5.41, 5.74) is 1.21. The second kappa shape index (κ2) is 11.2. The van der Waals surface area contributed by atoms with Crippen LogP contribution in [0.1, 0.15) is 82.8 Å². The second-order valence-electron chi connectivity index (χ2n) is 8.43. The van der Waals surface area contributed by atoms with Gasteiger partial charge in [-0.1, -0.05) is 88.6 Å². The Balaban J connectivity index is 1.52. The van der Waals surface area contributed by atoms with E-state index in [1.165, 1.54) is 75.5 Å². The van der Waals surface area contributed by atoms with Gasteiger partial charge < -0.3 is 4.74 Å². The van der Waals surface area contributed by atoms with Crippen LogP contribution < -0.4 is 4.74 Å². The zero-order valence-electron chi connectivity index (χ0n) is 17.3. The van der Waals surface area contributed by atoms with Gasteiger partial charge in [0.05, 0.1) is 0 Å². The SMILES string of the molecule is CCCCCC1CCC(CCC(Oc2ccc(F)cc2)c2ccccc2)CC1. The van der Waals surface area contributed by atoms with Crippen molar-refractivity contribution in [2.75, 3.05) is 0 Å². The van der Waals surface area contributed by atoms with E-state index in [0.717, 1.165) is 24.0 Å². The topological polar surface area (TPSA) is 9.23 Å². The number of hydrogen-bond donors (Lipinski definition) is 0. The van der Waals surface area contributed by atoms with Crippen LogP contribution in [0.2, 0.25) is 0 Å². The third-order valence-electron chi connectivity index (χ3n) is 6.28. The molecule has 0 radical (unpaired) electrons. The molecule has 2 aromatic carbocycles. The first-order valence-electron chi connectivity index (χ1n) is 11.2. The molecule has 152 valence electrons. The fourth-order valence-corrected chi connectivity index (χ4v) is 4.52. The zero-order chi connectivity index (χ0) is 19.6. The first-order valence-corrected chi connectivity index (χ1v) is 11.2. The summed E-state index contributed by atoms with van der Waals surface area (Å²) < 4.78 is 19.5. The standard InChI is InChI=1S/C26H35FO/c1-2-3-5-8-21-11-13-22(14-12-21)15-20-26(23-9-6-4-7-10-23)28-25-18-16-24(27)17-19-25/h4,6-7,9-10,16-19,21-22,26H,2-3,5,8,11-15,20H2,1H3. The maximum Gasteiger partial charge on any atom is 0.124 e. The van der Waals surface area contributed by atoms with Crippen LogP contribution in [-0.2, 0) is 0 Å². The molecule has 0 saturated heterocycles. The van der Waals surface area contributed by atoms with Crippen molar-refractivity contribution in [3.8, 4) is 5.75 Å². The third-order valence-corrected chi connectivity index (χ3v) is 6.28. The van der Waals surface area contributed by atoms with Crippen LogP contribution in [0.5, 0.6) is 5.75 Å². The molecule has 0 aliphatic heterocycles. The van der Waals surface area contributed by atoms with E-state index in [2.05, 4.69) is 31.2 Å². The highest BCUT2D eigenvalue weighted by atomic mass is 19.1. The Morgan fingerprint density at radius 1 is 0.857 bits per heavy atom. The van der Waals surface area contributed by atoms with Crippen molar-refractivity contribution in [1.82, 2.24) is 0 Å². The highest BCUT2D eigenvalue weighted by molar-refractivity contribution is 5.25. The van der Waals surface area contributed by atoms with E-state index in [1.54, 1.807) is 12.1 Å². The molecule has 1 atom stereocenters. The monoisotopic (exact) mass is 382 g/mol. The first-order chi connectivity index (χ1) is 13.7. The van der Waals surface area contributed by atoms with Gasteiger partial charge in [0.2, 0.25) is 0 Å². The fourth-order valence-electron chi connectivity index (χ4n) is 4.52. The fraction of sp³-hybridized carbons (Fsp3) is 0.538. The molecule has 0 amide bonds. The van der Waals surface area contributed by atoms with Gasteiger partial charge in [0.25, 0.3) is 0 Å². The summed E-state index contributed by atoms with van der Waals surface area (Å²) in [6.07, 6.45) is 13.4. The molecule has 1 nitrogen and oxygen atoms in total. The van der Waals surface area contributed by atoms with Crippen LogP contribution in [-0.4, -0.2) is 0 Å². The lowest BCUT2D eigenvalue weighted by atomic mass is 9.77. The normalized spacial score (nSPS) is 20.6. The Labute approximate surface area is 170 Å². The van der Waals surface area contributed by atoms with Crippen molar-refractivity contribution in [3.05, 3.63) is 66.0 Å². The molecular weight excluding hydrogens is 347 g/mol. The molecule has 0 bridgehead atoms. The third kappa shape index (κ3) is 6.65. The quantitative estimate of drug-likeness (QED) is 0.377. The summed E-state index contributed by atoms with van der Waals surface area (Å²) in [5, 5.41) is 0. The molecule has 0 heterocycles. The maximum absolute atomic E-state index is 13.2. The van der Waals surface area contributed by atoms with Gasteiger partial charge in [-0.05, 0) is 54.5 Å². The number of rotatable bonds is 10. The Morgan fingerprint density at radius 2 is 1.50 bits per heavy atom. The van der Waals surface area contributed by atoms with E-state index < -0.39 is 0 Å². The van der Waals surface area contributed by atoms with Crippen molar-refractivity contribution >= 4 is 0 Å². The van der Waals surface area contributed by atoms with Gasteiger partial charge >= 0.3 is 0 Å². The Morgan fingerprint density at radius 3 is 2.14 bits per heavy atom. The predicted molar refractivity (Wildman–Crippen MR) is 115 cm³/mol. The molecule has 3 rings (SSSR count). The minimum atomic E-state index is -0.223. The average Bonchev–Trinajstić information content (AvgIpc) is 2.74. The van der Waals surface area contributed by atoms with E-state index in [9.17, 15) is 4.39 Å². The van der Waals surface area contributed by atoms with Gasteiger partial charge in [-0.15, -0.1) is 0 Å². The largest absolute Gasteiger partial charge is 0.486 e. The molecule has 28 heavy (non-hydrogen) atoms. The van der Waals surface area contributed by atoms with Gasteiger partial charge in [0, 0.05) is 0 Å². The second-order valence-corrected chi connectivity index (χ2v) is 8.43. The lowest BCUT2D eigenvalue weighted by Crippen LogP contribution is -2.16. The van der Waals surface area contributed by atoms with Crippen LogP contribution in [0.4, 0.5) is 4.39 Å². The molecule has 2 heteroatoms. The van der Waals surface area contributed by atoms with E-state index in [4.69, 9.17) is 4.74 Å². The Kier molecular flexibility index (Phi) is 8.39. The number of unbranched alkanes of at least 4 members (excludes halogenated alkanes) is 2. The molecule has 2 aromatic rings. The van der Waals surface area contributed by atoms with E-state index in [1.807, 2.05) is 6.07 Å². The molecule has 0 N–H and O–H groups in total. The number of hydrogen-bond acceptors (Lipinski definition) is 1. The maximum atomic E-state index is 13.2. The Bertz CT molecular complexity index is 659. The highest BCUT2D eigenvalue weighted by Gasteiger charge is 2.23. The lowest BCUT2D eigenvalue weighted by molar-refractivity contribution is 0.167. The molecular formula is C26H35FO. The van der Waals surface area contributed by atoms with Crippen LogP contribution >= 0.6 is 0 Å². The average molecular weight is 383 g/mol. The van der Waals surface area contributed by atoms with Gasteiger partial charge in [0.1, 0.15) is 17.7 Å². The van der Waals surface area contributed by atoms with Gasteiger partial charge in [-0.25, -0.2) is 4.39 Å². The molecule has 1 saturated carbocycles. The molecule has 1 aliphatic carbocycles. The lowest BCUT2D eigenvalue weighted by Gasteiger charge is -2.30. The van der Waals surface area contributed by atoms with E-state index >= 15 is 0 Å².